The minimum atomic E-state index is -3.67. The molecule has 3 amide bonds. The molecular formula is C45H50ClN11O6S. The number of hydrogen-bond donors (Lipinski definition) is 4. The largest absolute Gasteiger partial charge is 0.494 e. The number of nitrogens with one attached hydrogen (secondary N) is 4. The van der Waals surface area contributed by atoms with Crippen LogP contribution in [0, 0.1) is 11.8 Å². The second kappa shape index (κ2) is 17.7. The molecule has 19 heteroatoms. The van der Waals surface area contributed by atoms with Crippen LogP contribution in [0.25, 0.3) is 11.0 Å². The Bertz CT molecular complexity index is 2760. The van der Waals surface area contributed by atoms with Crippen LogP contribution < -0.4 is 35.2 Å². The Balaban J connectivity index is 0.842. The van der Waals surface area contributed by atoms with Crippen molar-refractivity contribution in [3.63, 3.8) is 0 Å². The van der Waals surface area contributed by atoms with Crippen LogP contribution in [-0.4, -0.2) is 96.6 Å². The van der Waals surface area contributed by atoms with Crippen LogP contribution in [0.3, 0.4) is 0 Å². The molecule has 9 rings (SSSR count). The molecule has 3 aromatic carbocycles. The highest BCUT2D eigenvalue weighted by Gasteiger charge is 2.41. The number of fused-ring (bicyclic) bond motifs is 2. The molecule has 334 valence electrons. The highest BCUT2D eigenvalue weighted by molar-refractivity contribution is 7.92. The molecule has 0 aliphatic carbocycles. The number of carbonyl (C=O) groups is 3. The first kappa shape index (κ1) is 43.0. The van der Waals surface area contributed by atoms with Crippen molar-refractivity contribution in [2.24, 2.45) is 11.8 Å². The van der Waals surface area contributed by atoms with Gasteiger partial charge in [0.25, 0.3) is 5.91 Å². The number of halogens is 1. The molecule has 5 aromatic rings. The monoisotopic (exact) mass is 907 g/mol. The van der Waals surface area contributed by atoms with Crippen LogP contribution in [-0.2, 0) is 32.6 Å². The Morgan fingerprint density at radius 2 is 1.59 bits per heavy atom. The second-order valence-electron chi connectivity index (χ2n) is 16.8. The number of nitrogens with zero attached hydrogens (tertiary/aromatic N) is 7. The number of benzene rings is 3. The zero-order chi connectivity index (χ0) is 44.7. The summed E-state index contributed by atoms with van der Waals surface area (Å²) in [7, 11) is -2.04. The van der Waals surface area contributed by atoms with Crippen molar-refractivity contribution in [3.05, 3.63) is 82.8 Å². The Hall–Kier alpha value is -6.27. The van der Waals surface area contributed by atoms with Crippen LogP contribution in [0.4, 0.5) is 40.2 Å². The molecule has 0 saturated carbocycles. The third kappa shape index (κ3) is 8.67. The van der Waals surface area contributed by atoms with E-state index in [9.17, 15) is 22.8 Å². The standard InChI is InChI=1S/C45H50ClN11O6S/c1-4-26-22-34(51-45-49-24-31(46)42(53-45)50-33-9-8-32-40(48-17-16-47-32)41(33)54-64(3,61)62)38(63-2)23-37(26)56-20-14-28(15-21-56)27-12-18-55(19-13-27)35-7-5-6-29-30(35)25-57(44(29)60)36-10-11-39(58)52-43(36)59/h5-9,16-17,22-24,27-28,36,54H,4,10-15,18-21,25H2,1-3H3,(H,52,58,59)(H2,49,50,51,53). The number of ether oxygens (including phenoxy) is 1. The molecule has 1 atom stereocenters. The summed E-state index contributed by atoms with van der Waals surface area (Å²) in [5.41, 5.74) is 7.14. The molecule has 0 spiro atoms. The fourth-order valence-electron chi connectivity index (χ4n) is 9.74. The molecule has 17 nitrogen and oxygen atoms in total. The quantitative estimate of drug-likeness (QED) is 0.100. The number of sulfonamides is 1. The normalized spacial score (nSPS) is 18.6. The number of amides is 3. The first-order valence-corrected chi connectivity index (χ1v) is 23.9. The number of aromatic nitrogens is 4. The van der Waals surface area contributed by atoms with Crippen molar-refractivity contribution in [1.29, 1.82) is 0 Å². The van der Waals surface area contributed by atoms with Gasteiger partial charge in [0, 0.05) is 80.1 Å². The van der Waals surface area contributed by atoms with Crippen LogP contribution in [0.15, 0.2) is 61.1 Å². The van der Waals surface area contributed by atoms with Crippen molar-refractivity contribution in [2.75, 3.05) is 64.7 Å². The summed E-state index contributed by atoms with van der Waals surface area (Å²) in [5.74, 6) is 1.54. The van der Waals surface area contributed by atoms with Gasteiger partial charge in [-0.05, 0) is 86.3 Å². The van der Waals surface area contributed by atoms with E-state index < -0.39 is 22.0 Å². The molecule has 1 unspecified atom stereocenters. The number of piperidine rings is 3. The van der Waals surface area contributed by atoms with Crippen molar-refractivity contribution >= 4 is 90.6 Å². The molecule has 4 aliphatic rings. The van der Waals surface area contributed by atoms with Gasteiger partial charge in [-0.2, -0.15) is 4.98 Å². The SMILES string of the molecule is CCc1cc(Nc2ncc(Cl)c(Nc3ccc4nccnc4c3NS(C)(=O)=O)n2)c(OC)cc1N1CCC(C2CCN(c3cccc4c3CN(C3CCC(=O)NC3=O)C4=O)CC2)CC1. The van der Waals surface area contributed by atoms with Crippen molar-refractivity contribution in [1.82, 2.24) is 30.2 Å². The zero-order valence-corrected chi connectivity index (χ0v) is 37.4. The third-order valence-electron chi connectivity index (χ3n) is 12.9. The summed E-state index contributed by atoms with van der Waals surface area (Å²) in [6, 6.07) is 12.8. The van der Waals surface area contributed by atoms with E-state index in [2.05, 4.69) is 75.5 Å². The van der Waals surface area contributed by atoms with E-state index in [0.717, 1.165) is 87.0 Å². The van der Waals surface area contributed by atoms with Gasteiger partial charge in [0.2, 0.25) is 27.8 Å². The Labute approximate surface area is 376 Å². The first-order chi connectivity index (χ1) is 30.9. The summed E-state index contributed by atoms with van der Waals surface area (Å²) < 4.78 is 33.2. The molecule has 4 N–H and O–H groups in total. The minimum Gasteiger partial charge on any atom is -0.494 e. The Morgan fingerprint density at radius 1 is 0.875 bits per heavy atom. The van der Waals surface area contributed by atoms with Gasteiger partial charge in [-0.1, -0.05) is 24.6 Å². The molecule has 3 fully saturated rings. The second-order valence-corrected chi connectivity index (χ2v) is 19.0. The number of methoxy groups -OCH3 is 1. The van der Waals surface area contributed by atoms with Crippen molar-refractivity contribution in [3.8, 4) is 5.75 Å². The first-order valence-electron chi connectivity index (χ1n) is 21.6. The number of rotatable bonds is 12. The van der Waals surface area contributed by atoms with E-state index in [1.807, 2.05) is 12.1 Å². The average Bonchev–Trinajstić information content (AvgIpc) is 3.63. The summed E-state index contributed by atoms with van der Waals surface area (Å²) in [4.78, 5) is 62.1. The van der Waals surface area contributed by atoms with Gasteiger partial charge in [-0.3, -0.25) is 34.4 Å². The maximum atomic E-state index is 13.5. The summed E-state index contributed by atoms with van der Waals surface area (Å²) in [6.45, 7) is 6.21. The fraction of sp³-hybridized carbons (Fsp3) is 0.400. The maximum Gasteiger partial charge on any atom is 0.255 e. The maximum absolute atomic E-state index is 13.5. The summed E-state index contributed by atoms with van der Waals surface area (Å²) >= 11 is 6.57. The predicted octanol–water partition coefficient (Wildman–Crippen LogP) is 6.40. The van der Waals surface area contributed by atoms with E-state index in [-0.39, 0.29) is 40.7 Å². The number of imide groups is 1. The lowest BCUT2D eigenvalue weighted by Crippen LogP contribution is -2.52. The lowest BCUT2D eigenvalue weighted by Gasteiger charge is -2.42. The van der Waals surface area contributed by atoms with Crippen LogP contribution in [0.1, 0.15) is 66.9 Å². The van der Waals surface area contributed by atoms with E-state index in [1.165, 1.54) is 18.6 Å². The minimum absolute atomic E-state index is 0.141. The lowest BCUT2D eigenvalue weighted by molar-refractivity contribution is -0.136. The summed E-state index contributed by atoms with van der Waals surface area (Å²) in [6.07, 6.45) is 11.3. The molecule has 2 aromatic heterocycles. The van der Waals surface area contributed by atoms with Gasteiger partial charge in [0.05, 0.1) is 42.1 Å². The van der Waals surface area contributed by atoms with Crippen molar-refractivity contribution < 1.29 is 27.5 Å². The van der Waals surface area contributed by atoms with Crippen LogP contribution >= 0.6 is 11.6 Å². The zero-order valence-electron chi connectivity index (χ0n) is 35.9. The topological polar surface area (TPSA) is 204 Å². The lowest BCUT2D eigenvalue weighted by atomic mass is 9.78. The van der Waals surface area contributed by atoms with Crippen LogP contribution in [0.2, 0.25) is 5.02 Å². The predicted molar refractivity (Wildman–Crippen MR) is 246 cm³/mol. The van der Waals surface area contributed by atoms with Gasteiger partial charge in [-0.25, -0.2) is 13.4 Å². The number of aryl methyl sites for hydroxylation is 1. The van der Waals surface area contributed by atoms with E-state index in [4.69, 9.17) is 16.3 Å². The highest BCUT2D eigenvalue weighted by Crippen LogP contribution is 2.42. The number of anilines is 7. The van der Waals surface area contributed by atoms with Gasteiger partial charge < -0.3 is 30.1 Å². The molecule has 64 heavy (non-hydrogen) atoms. The summed E-state index contributed by atoms with van der Waals surface area (Å²) in [5, 5.41) is 9.09. The molecular weight excluding hydrogens is 858 g/mol. The molecule has 0 bridgehead atoms. The molecule has 3 saturated heterocycles. The molecule has 0 radical (unpaired) electrons. The Morgan fingerprint density at radius 3 is 2.28 bits per heavy atom. The number of hydrogen-bond acceptors (Lipinski definition) is 14. The average molecular weight is 908 g/mol. The van der Waals surface area contributed by atoms with Crippen LogP contribution in [0.5, 0.6) is 5.75 Å². The van der Waals surface area contributed by atoms with E-state index in [0.29, 0.717) is 58.5 Å². The Kier molecular flexibility index (Phi) is 11.9. The third-order valence-corrected chi connectivity index (χ3v) is 13.8. The number of carbonyl (C=O) groups excluding carboxylic acids is 3. The fourth-order valence-corrected chi connectivity index (χ4v) is 10.5. The van der Waals surface area contributed by atoms with Crippen molar-refractivity contribution in [2.45, 2.75) is 64.5 Å². The highest BCUT2D eigenvalue weighted by atomic mass is 35.5. The van der Waals surface area contributed by atoms with Gasteiger partial charge >= 0.3 is 0 Å². The van der Waals surface area contributed by atoms with Gasteiger partial charge in [0.15, 0.2) is 5.82 Å². The van der Waals surface area contributed by atoms with E-state index in [1.54, 1.807) is 24.1 Å². The van der Waals surface area contributed by atoms with Gasteiger partial charge in [0.1, 0.15) is 22.3 Å². The van der Waals surface area contributed by atoms with Gasteiger partial charge in [-0.15, -0.1) is 0 Å². The molecule has 6 heterocycles. The molecule has 4 aliphatic heterocycles. The van der Waals surface area contributed by atoms with E-state index >= 15 is 0 Å². The smallest absolute Gasteiger partial charge is 0.255 e.